The van der Waals surface area contributed by atoms with Crippen molar-refractivity contribution in [3.05, 3.63) is 34.3 Å². The second kappa shape index (κ2) is 8.25. The zero-order chi connectivity index (χ0) is 12.5. The second-order valence-electron chi connectivity index (χ2n) is 3.86. The van der Waals surface area contributed by atoms with Crippen LogP contribution in [0.3, 0.4) is 0 Å². The quantitative estimate of drug-likeness (QED) is 0.757. The molecule has 1 amide bonds. The normalized spacial score (nSPS) is 10.2. The first-order valence-corrected chi connectivity index (χ1v) is 6.73. The molecule has 0 heterocycles. The van der Waals surface area contributed by atoms with Crippen LogP contribution in [0.1, 0.15) is 18.9 Å². The largest absolute Gasteiger partial charge is 0.356 e. The van der Waals surface area contributed by atoms with Gasteiger partial charge in [-0.2, -0.15) is 0 Å². The molecular formula is C13H19BrN2O. The van der Waals surface area contributed by atoms with E-state index in [1.54, 1.807) is 0 Å². The molecule has 2 N–H and O–H groups in total. The van der Waals surface area contributed by atoms with Crippen LogP contribution in [0.4, 0.5) is 0 Å². The summed E-state index contributed by atoms with van der Waals surface area (Å²) in [5.74, 6) is 0.0830. The van der Waals surface area contributed by atoms with Gasteiger partial charge in [0.15, 0.2) is 0 Å². The van der Waals surface area contributed by atoms with Gasteiger partial charge in [-0.15, -0.1) is 0 Å². The van der Waals surface area contributed by atoms with Crippen LogP contribution in [0.5, 0.6) is 0 Å². The number of benzene rings is 1. The Kier molecular flexibility index (Phi) is 6.89. The van der Waals surface area contributed by atoms with Crippen LogP contribution in [-0.2, 0) is 11.2 Å². The van der Waals surface area contributed by atoms with Crippen LogP contribution in [0.2, 0.25) is 0 Å². The summed E-state index contributed by atoms with van der Waals surface area (Å²) < 4.78 is 1.01. The van der Waals surface area contributed by atoms with Gasteiger partial charge in [-0.1, -0.05) is 35.0 Å². The minimum Gasteiger partial charge on any atom is -0.356 e. The minimum atomic E-state index is 0.0830. The molecular weight excluding hydrogens is 280 g/mol. The molecule has 94 valence electrons. The van der Waals surface area contributed by atoms with E-state index >= 15 is 0 Å². The maximum absolute atomic E-state index is 11.6. The Morgan fingerprint density at radius 2 is 2.18 bits per heavy atom. The number of carbonyl (C=O) groups excluding carboxylic acids is 1. The molecule has 0 unspecified atom stereocenters. The lowest BCUT2D eigenvalue weighted by molar-refractivity contribution is -0.120. The first-order chi connectivity index (χ1) is 8.22. The average Bonchev–Trinajstić information content (AvgIpc) is 2.29. The number of rotatable bonds is 7. The number of hydrogen-bond acceptors (Lipinski definition) is 2. The Labute approximate surface area is 111 Å². The van der Waals surface area contributed by atoms with E-state index < -0.39 is 0 Å². The Balaban J connectivity index is 2.21. The molecule has 0 aliphatic rings. The SMILES string of the molecule is CCNCCCNC(=O)Cc1cccc(Br)c1. The van der Waals surface area contributed by atoms with E-state index in [1.807, 2.05) is 24.3 Å². The molecule has 17 heavy (non-hydrogen) atoms. The zero-order valence-electron chi connectivity index (χ0n) is 10.1. The van der Waals surface area contributed by atoms with Gasteiger partial charge in [-0.05, 0) is 37.2 Å². The van der Waals surface area contributed by atoms with Gasteiger partial charge in [0.2, 0.25) is 5.91 Å². The predicted octanol–water partition coefficient (Wildman–Crippen LogP) is 2.11. The van der Waals surface area contributed by atoms with E-state index in [-0.39, 0.29) is 5.91 Å². The third-order valence-electron chi connectivity index (χ3n) is 2.36. The second-order valence-corrected chi connectivity index (χ2v) is 4.78. The van der Waals surface area contributed by atoms with Gasteiger partial charge >= 0.3 is 0 Å². The summed E-state index contributed by atoms with van der Waals surface area (Å²) in [5.41, 5.74) is 1.03. The molecule has 3 nitrogen and oxygen atoms in total. The highest BCUT2D eigenvalue weighted by molar-refractivity contribution is 9.10. The van der Waals surface area contributed by atoms with Gasteiger partial charge in [0.05, 0.1) is 6.42 Å². The summed E-state index contributed by atoms with van der Waals surface area (Å²) in [6, 6.07) is 7.83. The molecule has 0 bridgehead atoms. The van der Waals surface area contributed by atoms with Crippen molar-refractivity contribution in [1.29, 1.82) is 0 Å². The summed E-state index contributed by atoms with van der Waals surface area (Å²) in [6.07, 6.45) is 1.42. The molecule has 0 saturated carbocycles. The summed E-state index contributed by atoms with van der Waals surface area (Å²) in [6.45, 7) is 4.74. The van der Waals surface area contributed by atoms with Gasteiger partial charge in [0, 0.05) is 11.0 Å². The van der Waals surface area contributed by atoms with Crippen LogP contribution in [0, 0.1) is 0 Å². The highest BCUT2D eigenvalue weighted by Gasteiger charge is 2.02. The summed E-state index contributed by atoms with van der Waals surface area (Å²) in [4.78, 5) is 11.6. The third kappa shape index (κ3) is 6.44. The molecule has 0 aliphatic heterocycles. The van der Waals surface area contributed by atoms with Crippen LogP contribution >= 0.6 is 15.9 Å². The van der Waals surface area contributed by atoms with Crippen LogP contribution in [0.25, 0.3) is 0 Å². The van der Waals surface area contributed by atoms with Gasteiger partial charge < -0.3 is 10.6 Å². The Morgan fingerprint density at radius 3 is 2.88 bits per heavy atom. The first kappa shape index (κ1) is 14.2. The van der Waals surface area contributed by atoms with E-state index in [9.17, 15) is 4.79 Å². The smallest absolute Gasteiger partial charge is 0.224 e. The van der Waals surface area contributed by atoms with Crippen molar-refractivity contribution in [2.24, 2.45) is 0 Å². The predicted molar refractivity (Wildman–Crippen MR) is 74.0 cm³/mol. The Hall–Kier alpha value is -0.870. The van der Waals surface area contributed by atoms with Crippen molar-refractivity contribution >= 4 is 21.8 Å². The fraction of sp³-hybridized carbons (Fsp3) is 0.462. The highest BCUT2D eigenvalue weighted by atomic mass is 79.9. The molecule has 0 spiro atoms. The van der Waals surface area contributed by atoms with Crippen LogP contribution in [0.15, 0.2) is 28.7 Å². The van der Waals surface area contributed by atoms with Gasteiger partial charge in [0.1, 0.15) is 0 Å². The molecule has 0 atom stereocenters. The molecule has 1 aromatic rings. The van der Waals surface area contributed by atoms with E-state index in [0.717, 1.165) is 36.1 Å². The maximum atomic E-state index is 11.6. The van der Waals surface area contributed by atoms with E-state index in [1.165, 1.54) is 0 Å². The molecule has 0 fully saturated rings. The fourth-order valence-electron chi connectivity index (χ4n) is 1.51. The van der Waals surface area contributed by atoms with Crippen LogP contribution < -0.4 is 10.6 Å². The standard InChI is InChI=1S/C13H19BrN2O/c1-2-15-7-4-8-16-13(17)10-11-5-3-6-12(14)9-11/h3,5-6,9,15H,2,4,7-8,10H2,1H3,(H,16,17). The van der Waals surface area contributed by atoms with Crippen molar-refractivity contribution in [2.45, 2.75) is 19.8 Å². The topological polar surface area (TPSA) is 41.1 Å². The minimum absolute atomic E-state index is 0.0830. The van der Waals surface area contributed by atoms with Crippen molar-refractivity contribution in [2.75, 3.05) is 19.6 Å². The number of carbonyl (C=O) groups is 1. The lowest BCUT2D eigenvalue weighted by atomic mass is 10.1. The van der Waals surface area contributed by atoms with Crippen molar-refractivity contribution in [1.82, 2.24) is 10.6 Å². The van der Waals surface area contributed by atoms with Crippen molar-refractivity contribution in [3.8, 4) is 0 Å². The fourth-order valence-corrected chi connectivity index (χ4v) is 1.96. The van der Waals surface area contributed by atoms with Crippen molar-refractivity contribution < 1.29 is 4.79 Å². The molecule has 4 heteroatoms. The zero-order valence-corrected chi connectivity index (χ0v) is 11.7. The number of amides is 1. The molecule has 0 radical (unpaired) electrons. The summed E-state index contributed by atoms with van der Waals surface area (Å²) in [5, 5.41) is 6.14. The average molecular weight is 299 g/mol. The lowest BCUT2D eigenvalue weighted by Gasteiger charge is -2.06. The molecule has 0 aromatic heterocycles. The number of hydrogen-bond donors (Lipinski definition) is 2. The summed E-state index contributed by atoms with van der Waals surface area (Å²) >= 11 is 3.39. The van der Waals surface area contributed by atoms with Gasteiger partial charge in [-0.3, -0.25) is 4.79 Å². The maximum Gasteiger partial charge on any atom is 0.224 e. The highest BCUT2D eigenvalue weighted by Crippen LogP contribution is 2.11. The molecule has 1 rings (SSSR count). The van der Waals surface area contributed by atoms with E-state index in [4.69, 9.17) is 0 Å². The monoisotopic (exact) mass is 298 g/mol. The van der Waals surface area contributed by atoms with Gasteiger partial charge in [0.25, 0.3) is 0 Å². The first-order valence-electron chi connectivity index (χ1n) is 5.94. The lowest BCUT2D eigenvalue weighted by Crippen LogP contribution is -2.28. The number of nitrogens with one attached hydrogen (secondary N) is 2. The van der Waals surface area contributed by atoms with Crippen LogP contribution in [-0.4, -0.2) is 25.5 Å². The number of halogens is 1. The Morgan fingerprint density at radius 1 is 1.35 bits per heavy atom. The van der Waals surface area contributed by atoms with Crippen molar-refractivity contribution in [3.63, 3.8) is 0 Å². The van der Waals surface area contributed by atoms with E-state index in [0.29, 0.717) is 6.42 Å². The Bertz CT molecular complexity index is 355. The third-order valence-corrected chi connectivity index (χ3v) is 2.85. The molecule has 0 aliphatic carbocycles. The molecule has 0 saturated heterocycles. The summed E-state index contributed by atoms with van der Waals surface area (Å²) in [7, 11) is 0. The van der Waals surface area contributed by atoms with Gasteiger partial charge in [-0.25, -0.2) is 0 Å². The van der Waals surface area contributed by atoms with E-state index in [2.05, 4.69) is 33.5 Å². The molecule has 1 aromatic carbocycles.